The number of nitrogens with two attached hydrogens (primary N) is 1. The second-order valence-electron chi connectivity index (χ2n) is 5.97. The van der Waals surface area contributed by atoms with Crippen molar-refractivity contribution in [3.63, 3.8) is 0 Å². The molecule has 22 heavy (non-hydrogen) atoms. The smallest absolute Gasteiger partial charge is 0.227 e. The summed E-state index contributed by atoms with van der Waals surface area (Å²) >= 11 is 0. The molecular weight excluding hydrogens is 278 g/mol. The number of amides is 1. The lowest BCUT2D eigenvalue weighted by molar-refractivity contribution is -0.134. The highest BCUT2D eigenvalue weighted by Gasteiger charge is 2.32. The third-order valence-corrected chi connectivity index (χ3v) is 4.50. The highest BCUT2D eigenvalue weighted by Crippen LogP contribution is 2.23. The molecule has 1 aromatic carbocycles. The van der Waals surface area contributed by atoms with Crippen molar-refractivity contribution >= 4 is 16.8 Å². The van der Waals surface area contributed by atoms with Crippen molar-refractivity contribution in [2.75, 3.05) is 19.6 Å². The summed E-state index contributed by atoms with van der Waals surface area (Å²) in [4.78, 5) is 18.6. The van der Waals surface area contributed by atoms with Crippen LogP contribution >= 0.6 is 0 Å². The molecule has 1 aliphatic heterocycles. The maximum absolute atomic E-state index is 12.5. The van der Waals surface area contributed by atoms with Crippen molar-refractivity contribution in [2.45, 2.75) is 24.9 Å². The topological polar surface area (TPSA) is 79.5 Å². The summed E-state index contributed by atoms with van der Waals surface area (Å²) in [6, 6.07) is 9.74. The van der Waals surface area contributed by atoms with Crippen molar-refractivity contribution in [3.8, 4) is 0 Å². The van der Waals surface area contributed by atoms with Crippen LogP contribution in [0.4, 0.5) is 0 Å². The fraction of sp³-hybridized carbons (Fsp3) is 0.412. The van der Waals surface area contributed by atoms with Gasteiger partial charge in [0.2, 0.25) is 5.91 Å². The molecule has 116 valence electrons. The van der Waals surface area contributed by atoms with Crippen molar-refractivity contribution in [2.24, 2.45) is 5.73 Å². The molecule has 2 heterocycles. The molecule has 0 aliphatic carbocycles. The fourth-order valence-corrected chi connectivity index (χ4v) is 2.97. The highest BCUT2D eigenvalue weighted by molar-refractivity contribution is 5.88. The Labute approximate surface area is 129 Å². The number of carbonyl (C=O) groups excluding carboxylic acids is 1. The van der Waals surface area contributed by atoms with Crippen LogP contribution in [0.3, 0.4) is 0 Å². The number of hydrogen-bond donors (Lipinski definition) is 2. The van der Waals surface area contributed by atoms with E-state index in [-0.39, 0.29) is 12.5 Å². The van der Waals surface area contributed by atoms with E-state index < -0.39 is 5.60 Å². The van der Waals surface area contributed by atoms with Gasteiger partial charge in [0, 0.05) is 31.2 Å². The van der Waals surface area contributed by atoms with Crippen LogP contribution in [-0.2, 0) is 11.2 Å². The van der Waals surface area contributed by atoms with Crippen molar-refractivity contribution in [1.29, 1.82) is 0 Å². The van der Waals surface area contributed by atoms with Crippen LogP contribution in [0.15, 0.2) is 36.5 Å². The number of rotatable bonds is 3. The van der Waals surface area contributed by atoms with E-state index in [1.54, 1.807) is 6.20 Å². The second kappa shape index (κ2) is 6.02. The molecule has 1 aromatic heterocycles. The summed E-state index contributed by atoms with van der Waals surface area (Å²) in [5.41, 5.74) is 6.68. The van der Waals surface area contributed by atoms with Gasteiger partial charge in [-0.15, -0.1) is 0 Å². The average molecular weight is 299 g/mol. The number of pyridine rings is 1. The first-order chi connectivity index (χ1) is 10.6. The zero-order valence-electron chi connectivity index (χ0n) is 12.5. The van der Waals surface area contributed by atoms with Gasteiger partial charge >= 0.3 is 0 Å². The summed E-state index contributed by atoms with van der Waals surface area (Å²) in [6.45, 7) is 1.38. The van der Waals surface area contributed by atoms with Crippen LogP contribution in [0.2, 0.25) is 0 Å². The lowest BCUT2D eigenvalue weighted by Gasteiger charge is -2.37. The number of benzene rings is 1. The number of hydrogen-bond acceptors (Lipinski definition) is 4. The van der Waals surface area contributed by atoms with Gasteiger partial charge in [-0.2, -0.15) is 0 Å². The Kier molecular flexibility index (Phi) is 4.09. The van der Waals surface area contributed by atoms with Crippen molar-refractivity contribution in [3.05, 3.63) is 42.1 Å². The third-order valence-electron chi connectivity index (χ3n) is 4.50. The van der Waals surface area contributed by atoms with E-state index in [9.17, 15) is 9.90 Å². The molecule has 0 radical (unpaired) electrons. The van der Waals surface area contributed by atoms with Crippen LogP contribution in [0.5, 0.6) is 0 Å². The molecule has 1 aliphatic rings. The molecule has 0 bridgehead atoms. The molecule has 2 aromatic rings. The molecule has 1 saturated heterocycles. The first kappa shape index (κ1) is 14.9. The number of carbonyl (C=O) groups is 1. The minimum atomic E-state index is -0.805. The zero-order chi connectivity index (χ0) is 15.6. The predicted molar refractivity (Wildman–Crippen MR) is 85.3 cm³/mol. The largest absolute Gasteiger partial charge is 0.388 e. The minimum absolute atomic E-state index is 0.0930. The van der Waals surface area contributed by atoms with E-state index in [2.05, 4.69) is 4.98 Å². The number of nitrogens with zero attached hydrogens (tertiary/aromatic N) is 2. The van der Waals surface area contributed by atoms with Crippen LogP contribution < -0.4 is 5.73 Å². The predicted octanol–water partition coefficient (Wildman–Crippen LogP) is 1.09. The Morgan fingerprint density at radius 3 is 2.77 bits per heavy atom. The molecule has 0 saturated carbocycles. The Bertz CT molecular complexity index is 673. The second-order valence-corrected chi connectivity index (χ2v) is 5.97. The van der Waals surface area contributed by atoms with Gasteiger partial charge in [-0.25, -0.2) is 0 Å². The molecule has 1 amide bonds. The SMILES string of the molecule is NCC1(O)CCN(C(=O)Cc2cccc3ncccc23)CC1. The quantitative estimate of drug-likeness (QED) is 0.889. The maximum Gasteiger partial charge on any atom is 0.227 e. The normalized spacial score (nSPS) is 17.6. The minimum Gasteiger partial charge on any atom is -0.388 e. The fourth-order valence-electron chi connectivity index (χ4n) is 2.97. The van der Waals surface area contributed by atoms with E-state index in [1.165, 1.54) is 0 Å². The molecule has 5 heteroatoms. The monoisotopic (exact) mass is 299 g/mol. The molecule has 1 fully saturated rings. The van der Waals surface area contributed by atoms with Gasteiger partial charge in [0.1, 0.15) is 0 Å². The lowest BCUT2D eigenvalue weighted by atomic mass is 9.91. The lowest BCUT2D eigenvalue weighted by Crippen LogP contribution is -2.50. The highest BCUT2D eigenvalue weighted by atomic mass is 16.3. The Hall–Kier alpha value is -1.98. The average Bonchev–Trinajstić information content (AvgIpc) is 2.56. The third kappa shape index (κ3) is 2.96. The molecule has 3 rings (SSSR count). The number of aromatic nitrogens is 1. The summed E-state index contributed by atoms with van der Waals surface area (Å²) in [5.74, 6) is 0.0930. The Morgan fingerprint density at radius 2 is 2.05 bits per heavy atom. The number of likely N-dealkylation sites (tertiary alicyclic amines) is 1. The van der Waals surface area contributed by atoms with Crippen molar-refractivity contribution < 1.29 is 9.90 Å². The molecule has 0 unspecified atom stereocenters. The van der Waals surface area contributed by atoms with Gasteiger partial charge in [0.25, 0.3) is 0 Å². The number of piperidine rings is 1. The van der Waals surface area contributed by atoms with Gasteiger partial charge in [-0.1, -0.05) is 18.2 Å². The van der Waals surface area contributed by atoms with Gasteiger partial charge in [-0.3, -0.25) is 9.78 Å². The van der Waals surface area contributed by atoms with Crippen molar-refractivity contribution in [1.82, 2.24) is 9.88 Å². The van der Waals surface area contributed by atoms with Crippen LogP contribution in [0, 0.1) is 0 Å². The zero-order valence-corrected chi connectivity index (χ0v) is 12.5. The van der Waals surface area contributed by atoms with E-state index in [0.717, 1.165) is 16.5 Å². The summed E-state index contributed by atoms with van der Waals surface area (Å²) < 4.78 is 0. The molecule has 5 nitrogen and oxygen atoms in total. The van der Waals surface area contributed by atoms with E-state index >= 15 is 0 Å². The summed E-state index contributed by atoms with van der Waals surface area (Å²) in [5, 5.41) is 11.2. The van der Waals surface area contributed by atoms with Gasteiger partial charge < -0.3 is 15.7 Å². The first-order valence-electron chi connectivity index (χ1n) is 7.64. The van der Waals surface area contributed by atoms with E-state index in [1.807, 2.05) is 35.2 Å². The number of aliphatic hydroxyl groups is 1. The van der Waals surface area contributed by atoms with E-state index in [0.29, 0.717) is 32.4 Å². The van der Waals surface area contributed by atoms with Crippen LogP contribution in [0.1, 0.15) is 18.4 Å². The van der Waals surface area contributed by atoms with Crippen LogP contribution in [0.25, 0.3) is 10.9 Å². The van der Waals surface area contributed by atoms with Crippen LogP contribution in [-0.4, -0.2) is 46.1 Å². The maximum atomic E-state index is 12.5. The number of fused-ring (bicyclic) bond motifs is 1. The molecule has 0 spiro atoms. The summed E-state index contributed by atoms with van der Waals surface area (Å²) in [6.07, 6.45) is 3.22. The molecule has 3 N–H and O–H groups in total. The molecule has 0 atom stereocenters. The Morgan fingerprint density at radius 1 is 1.27 bits per heavy atom. The summed E-state index contributed by atoms with van der Waals surface area (Å²) in [7, 11) is 0. The van der Waals surface area contributed by atoms with Gasteiger partial charge in [0.05, 0.1) is 17.5 Å². The van der Waals surface area contributed by atoms with Gasteiger partial charge in [0.15, 0.2) is 0 Å². The Balaban J connectivity index is 1.72. The van der Waals surface area contributed by atoms with Gasteiger partial charge in [-0.05, 0) is 30.5 Å². The van der Waals surface area contributed by atoms with E-state index in [4.69, 9.17) is 5.73 Å². The first-order valence-corrected chi connectivity index (χ1v) is 7.64. The standard InChI is InChI=1S/C17H21N3O2/c18-12-17(22)6-9-20(10-7-17)16(21)11-13-3-1-5-15-14(13)4-2-8-19-15/h1-5,8,22H,6-7,9-12,18H2. The molecular formula is C17H21N3O2.